The van der Waals surface area contributed by atoms with Gasteiger partial charge in [0.1, 0.15) is 0 Å². The van der Waals surface area contributed by atoms with E-state index >= 15 is 0 Å². The zero-order valence-electron chi connectivity index (χ0n) is 13.0. The van der Waals surface area contributed by atoms with Gasteiger partial charge in [0.25, 0.3) is 0 Å². The van der Waals surface area contributed by atoms with Crippen LogP contribution in [0.15, 0.2) is 29.2 Å². The van der Waals surface area contributed by atoms with Crippen LogP contribution in [0.2, 0.25) is 0 Å². The smallest absolute Gasteiger partial charge is 0.416 e. The van der Waals surface area contributed by atoms with E-state index < -0.39 is 32.9 Å². The lowest BCUT2D eigenvalue weighted by Crippen LogP contribution is -2.41. The molecule has 1 saturated heterocycles. The predicted octanol–water partition coefficient (Wildman–Crippen LogP) is 3.26. The predicted molar refractivity (Wildman–Crippen MR) is 80.4 cm³/mol. The second-order valence-electron chi connectivity index (χ2n) is 5.88. The zero-order valence-corrected chi connectivity index (χ0v) is 13.8. The molecular formula is C15H18F3NO4S. The number of carboxylic acid groups (broad SMARTS) is 1. The van der Waals surface area contributed by atoms with Crippen LogP contribution in [0.25, 0.3) is 0 Å². The maximum absolute atomic E-state index is 12.8. The first-order valence-electron chi connectivity index (χ1n) is 7.42. The minimum absolute atomic E-state index is 0.225. The van der Waals surface area contributed by atoms with Crippen molar-refractivity contribution in [2.45, 2.75) is 36.1 Å². The number of sulfone groups is 1. The molecule has 0 radical (unpaired) electrons. The van der Waals surface area contributed by atoms with E-state index in [4.69, 9.17) is 5.11 Å². The lowest BCUT2D eigenvalue weighted by Gasteiger charge is -2.33. The summed E-state index contributed by atoms with van der Waals surface area (Å²) in [6.07, 6.45) is -4.93. The third-order valence-electron chi connectivity index (χ3n) is 4.45. The minimum Gasteiger partial charge on any atom is -0.465 e. The molecule has 0 bridgehead atoms. The van der Waals surface area contributed by atoms with E-state index in [1.54, 1.807) is 0 Å². The van der Waals surface area contributed by atoms with Crippen LogP contribution in [0.4, 0.5) is 18.0 Å². The van der Waals surface area contributed by atoms with E-state index in [1.165, 1.54) is 11.8 Å². The third kappa shape index (κ3) is 3.82. The lowest BCUT2D eigenvalue weighted by molar-refractivity contribution is -0.137. The molecule has 1 aromatic carbocycles. The molecule has 2 rings (SSSR count). The highest BCUT2D eigenvalue weighted by atomic mass is 32.2. The van der Waals surface area contributed by atoms with Crippen molar-refractivity contribution in [3.05, 3.63) is 29.8 Å². The number of carbonyl (C=O) groups is 1. The SMILES string of the molecule is CC(C1CCN(C(=O)O)CC1)S(=O)(=O)c1cccc(C(F)(F)F)c1. The van der Waals surface area contributed by atoms with Crippen LogP contribution >= 0.6 is 0 Å². The molecule has 1 heterocycles. The molecule has 5 nitrogen and oxygen atoms in total. The summed E-state index contributed by atoms with van der Waals surface area (Å²) < 4.78 is 63.6. The monoisotopic (exact) mass is 365 g/mol. The fraction of sp³-hybridized carbons (Fsp3) is 0.533. The first-order valence-corrected chi connectivity index (χ1v) is 8.97. The van der Waals surface area contributed by atoms with Crippen molar-refractivity contribution in [2.24, 2.45) is 5.92 Å². The van der Waals surface area contributed by atoms with Gasteiger partial charge in [-0.1, -0.05) is 6.07 Å². The fourth-order valence-electron chi connectivity index (χ4n) is 2.88. The van der Waals surface area contributed by atoms with E-state index in [1.807, 2.05) is 0 Å². The lowest BCUT2D eigenvalue weighted by atomic mass is 9.94. The van der Waals surface area contributed by atoms with Crippen molar-refractivity contribution in [2.75, 3.05) is 13.1 Å². The molecule has 1 atom stereocenters. The van der Waals surface area contributed by atoms with Crippen LogP contribution in [0.3, 0.4) is 0 Å². The summed E-state index contributed by atoms with van der Waals surface area (Å²) in [5.74, 6) is -0.292. The molecule has 134 valence electrons. The van der Waals surface area contributed by atoms with Gasteiger partial charge in [-0.05, 0) is 43.9 Å². The Hall–Kier alpha value is -1.77. The van der Waals surface area contributed by atoms with Crippen LogP contribution in [0.1, 0.15) is 25.3 Å². The number of halogens is 3. The van der Waals surface area contributed by atoms with E-state index in [0.29, 0.717) is 18.9 Å². The number of piperidine rings is 1. The molecule has 0 saturated carbocycles. The Kier molecular flexibility index (Phi) is 5.12. The largest absolute Gasteiger partial charge is 0.465 e. The number of rotatable bonds is 3. The van der Waals surface area contributed by atoms with Gasteiger partial charge in [-0.2, -0.15) is 13.2 Å². The number of benzene rings is 1. The second-order valence-corrected chi connectivity index (χ2v) is 8.19. The van der Waals surface area contributed by atoms with Crippen LogP contribution in [0.5, 0.6) is 0 Å². The standard InChI is InChI=1S/C15H18F3NO4S/c1-10(11-5-7-19(8-6-11)14(20)21)24(22,23)13-4-2-3-12(9-13)15(16,17)18/h2-4,9-11H,5-8H2,1H3,(H,20,21). The molecule has 1 unspecified atom stereocenters. The van der Waals surface area contributed by atoms with Crippen LogP contribution in [-0.2, 0) is 16.0 Å². The normalized spacial score (nSPS) is 18.4. The number of nitrogens with zero attached hydrogens (tertiary/aromatic N) is 1. The van der Waals surface area contributed by atoms with Crippen LogP contribution in [-0.4, -0.2) is 42.9 Å². The van der Waals surface area contributed by atoms with Gasteiger partial charge in [0.15, 0.2) is 9.84 Å². The third-order valence-corrected chi connectivity index (χ3v) is 6.73. The quantitative estimate of drug-likeness (QED) is 0.892. The Labute approximate surface area is 138 Å². The van der Waals surface area contributed by atoms with Crippen molar-refractivity contribution >= 4 is 15.9 Å². The fourth-order valence-corrected chi connectivity index (χ4v) is 4.65. The topological polar surface area (TPSA) is 74.7 Å². The summed E-state index contributed by atoms with van der Waals surface area (Å²) in [6, 6.07) is 3.72. The highest BCUT2D eigenvalue weighted by molar-refractivity contribution is 7.92. The molecule has 0 spiro atoms. The van der Waals surface area contributed by atoms with Crippen molar-refractivity contribution in [3.63, 3.8) is 0 Å². The Balaban J connectivity index is 2.20. The van der Waals surface area contributed by atoms with E-state index in [2.05, 4.69) is 0 Å². The Morgan fingerprint density at radius 1 is 1.29 bits per heavy atom. The summed E-state index contributed by atoms with van der Waals surface area (Å²) in [4.78, 5) is 11.7. The van der Waals surface area contributed by atoms with Gasteiger partial charge in [0, 0.05) is 13.1 Å². The molecular weight excluding hydrogens is 347 g/mol. The molecule has 1 N–H and O–H groups in total. The Morgan fingerprint density at radius 2 is 1.88 bits per heavy atom. The van der Waals surface area contributed by atoms with Crippen molar-refractivity contribution in [1.82, 2.24) is 4.90 Å². The first kappa shape index (κ1) is 18.6. The number of likely N-dealkylation sites (tertiary alicyclic amines) is 1. The molecule has 9 heteroatoms. The second kappa shape index (κ2) is 6.62. The number of alkyl halides is 3. The van der Waals surface area contributed by atoms with Crippen LogP contribution < -0.4 is 0 Å². The summed E-state index contributed by atoms with van der Waals surface area (Å²) in [5, 5.41) is 8.03. The summed E-state index contributed by atoms with van der Waals surface area (Å²) in [7, 11) is -3.93. The van der Waals surface area contributed by atoms with Gasteiger partial charge < -0.3 is 10.0 Å². The molecule has 1 aliphatic heterocycles. The Morgan fingerprint density at radius 3 is 2.38 bits per heavy atom. The maximum Gasteiger partial charge on any atom is 0.416 e. The van der Waals surface area contributed by atoms with Crippen molar-refractivity contribution in [1.29, 1.82) is 0 Å². The minimum atomic E-state index is -4.61. The van der Waals surface area contributed by atoms with Crippen molar-refractivity contribution < 1.29 is 31.5 Å². The molecule has 1 amide bonds. The van der Waals surface area contributed by atoms with Gasteiger partial charge in [-0.3, -0.25) is 0 Å². The van der Waals surface area contributed by atoms with Gasteiger partial charge in [-0.25, -0.2) is 13.2 Å². The van der Waals surface area contributed by atoms with Gasteiger partial charge >= 0.3 is 12.3 Å². The highest BCUT2D eigenvalue weighted by Gasteiger charge is 2.36. The molecule has 24 heavy (non-hydrogen) atoms. The molecule has 1 fully saturated rings. The summed E-state index contributed by atoms with van der Waals surface area (Å²) in [5.41, 5.74) is -1.00. The van der Waals surface area contributed by atoms with E-state index in [9.17, 15) is 26.4 Å². The molecule has 1 aliphatic rings. The van der Waals surface area contributed by atoms with Gasteiger partial charge in [0.05, 0.1) is 15.7 Å². The van der Waals surface area contributed by atoms with E-state index in [-0.39, 0.29) is 23.9 Å². The Bertz CT molecular complexity index is 710. The van der Waals surface area contributed by atoms with Crippen molar-refractivity contribution in [3.8, 4) is 0 Å². The molecule has 0 aromatic heterocycles. The maximum atomic E-state index is 12.8. The van der Waals surface area contributed by atoms with Crippen LogP contribution in [0, 0.1) is 5.92 Å². The zero-order chi connectivity index (χ0) is 18.1. The average Bonchev–Trinajstić information content (AvgIpc) is 2.53. The van der Waals surface area contributed by atoms with E-state index in [0.717, 1.165) is 18.2 Å². The highest BCUT2D eigenvalue weighted by Crippen LogP contribution is 2.33. The number of hydrogen-bond acceptors (Lipinski definition) is 3. The molecule has 1 aromatic rings. The average molecular weight is 365 g/mol. The number of amides is 1. The molecule has 0 aliphatic carbocycles. The number of hydrogen-bond donors (Lipinski definition) is 1. The van der Waals surface area contributed by atoms with Gasteiger partial charge in [0.2, 0.25) is 0 Å². The summed E-state index contributed by atoms with van der Waals surface area (Å²) in [6.45, 7) is 1.92. The first-order chi connectivity index (χ1) is 11.0. The van der Waals surface area contributed by atoms with Gasteiger partial charge in [-0.15, -0.1) is 0 Å². The summed E-state index contributed by atoms with van der Waals surface area (Å²) >= 11 is 0.